The first kappa shape index (κ1) is 20.6. The molecule has 0 bridgehead atoms. The van der Waals surface area contributed by atoms with Gasteiger partial charge in [-0.1, -0.05) is 23.7 Å². The highest BCUT2D eigenvalue weighted by Gasteiger charge is 2.21. The van der Waals surface area contributed by atoms with Crippen LogP contribution in [0.2, 0.25) is 5.02 Å². The SMILES string of the molecule is O=C(CCc1cc(F)ccc1F)N1CCN(CCOc2ccccc2Cl)CC1. The van der Waals surface area contributed by atoms with Crippen molar-refractivity contribution in [1.29, 1.82) is 0 Å². The molecule has 1 aliphatic heterocycles. The number of halogens is 3. The van der Waals surface area contributed by atoms with Gasteiger partial charge in [0, 0.05) is 39.1 Å². The summed E-state index contributed by atoms with van der Waals surface area (Å²) in [6, 6.07) is 10.7. The van der Waals surface area contributed by atoms with E-state index in [1.807, 2.05) is 18.2 Å². The van der Waals surface area contributed by atoms with Crippen LogP contribution in [0.15, 0.2) is 42.5 Å². The van der Waals surface area contributed by atoms with Crippen LogP contribution in [0, 0.1) is 11.6 Å². The zero-order valence-electron chi connectivity index (χ0n) is 15.5. The molecule has 1 heterocycles. The van der Waals surface area contributed by atoms with Gasteiger partial charge in [0.2, 0.25) is 5.91 Å². The standard InChI is InChI=1S/C21H23ClF2N2O2/c22-18-3-1-2-4-20(18)28-14-13-25-9-11-26(12-10-25)21(27)8-5-16-15-17(23)6-7-19(16)24/h1-4,6-7,15H,5,8-14H2. The largest absolute Gasteiger partial charge is 0.491 e. The zero-order chi connectivity index (χ0) is 19.9. The summed E-state index contributed by atoms with van der Waals surface area (Å²) in [7, 11) is 0. The Balaban J connectivity index is 1.38. The van der Waals surface area contributed by atoms with Gasteiger partial charge < -0.3 is 9.64 Å². The van der Waals surface area contributed by atoms with Gasteiger partial charge in [-0.05, 0) is 42.3 Å². The average Bonchev–Trinajstić information content (AvgIpc) is 2.70. The van der Waals surface area contributed by atoms with Crippen molar-refractivity contribution in [2.75, 3.05) is 39.3 Å². The molecule has 0 radical (unpaired) electrons. The number of ether oxygens (including phenoxy) is 1. The van der Waals surface area contributed by atoms with Gasteiger partial charge >= 0.3 is 0 Å². The fourth-order valence-electron chi connectivity index (χ4n) is 3.20. The molecule has 0 aliphatic carbocycles. The molecule has 0 saturated carbocycles. The molecule has 150 valence electrons. The molecule has 1 amide bonds. The molecule has 1 fully saturated rings. The normalized spacial score (nSPS) is 14.9. The number of rotatable bonds is 7. The highest BCUT2D eigenvalue weighted by atomic mass is 35.5. The summed E-state index contributed by atoms with van der Waals surface area (Å²) in [4.78, 5) is 16.4. The number of nitrogens with zero attached hydrogens (tertiary/aromatic N) is 2. The van der Waals surface area contributed by atoms with E-state index >= 15 is 0 Å². The summed E-state index contributed by atoms with van der Waals surface area (Å²) in [6.45, 7) is 4.03. The average molecular weight is 409 g/mol. The third-order valence-electron chi connectivity index (χ3n) is 4.84. The van der Waals surface area contributed by atoms with Gasteiger partial charge in [0.15, 0.2) is 0 Å². The van der Waals surface area contributed by atoms with Crippen LogP contribution < -0.4 is 4.74 Å². The van der Waals surface area contributed by atoms with Crippen molar-refractivity contribution in [3.8, 4) is 5.75 Å². The Bertz CT molecular complexity index is 811. The lowest BCUT2D eigenvalue weighted by molar-refractivity contribution is -0.132. The van der Waals surface area contributed by atoms with Crippen molar-refractivity contribution in [3.05, 3.63) is 64.7 Å². The van der Waals surface area contributed by atoms with Crippen LogP contribution in [-0.4, -0.2) is 55.0 Å². The Kier molecular flexibility index (Phi) is 7.23. The van der Waals surface area contributed by atoms with E-state index in [4.69, 9.17) is 16.3 Å². The topological polar surface area (TPSA) is 32.8 Å². The molecule has 7 heteroatoms. The van der Waals surface area contributed by atoms with Crippen molar-refractivity contribution in [3.63, 3.8) is 0 Å². The molecule has 0 unspecified atom stereocenters. The van der Waals surface area contributed by atoms with E-state index in [0.717, 1.165) is 37.8 Å². The lowest BCUT2D eigenvalue weighted by Crippen LogP contribution is -2.49. The fourth-order valence-corrected chi connectivity index (χ4v) is 3.39. The predicted molar refractivity (Wildman–Crippen MR) is 105 cm³/mol. The van der Waals surface area contributed by atoms with Crippen molar-refractivity contribution in [1.82, 2.24) is 9.80 Å². The molecule has 1 saturated heterocycles. The molecule has 2 aromatic rings. The highest BCUT2D eigenvalue weighted by Crippen LogP contribution is 2.23. The van der Waals surface area contributed by atoms with Crippen LogP contribution in [-0.2, 0) is 11.2 Å². The molecule has 0 spiro atoms. The van der Waals surface area contributed by atoms with E-state index in [9.17, 15) is 13.6 Å². The van der Waals surface area contributed by atoms with Gasteiger partial charge in [-0.2, -0.15) is 0 Å². The van der Waals surface area contributed by atoms with Crippen molar-refractivity contribution in [2.24, 2.45) is 0 Å². The molecule has 4 nitrogen and oxygen atoms in total. The van der Waals surface area contributed by atoms with Crippen molar-refractivity contribution < 1.29 is 18.3 Å². The van der Waals surface area contributed by atoms with E-state index in [1.54, 1.807) is 11.0 Å². The van der Waals surface area contributed by atoms with E-state index in [2.05, 4.69) is 4.90 Å². The number of piperazine rings is 1. The maximum absolute atomic E-state index is 13.7. The van der Waals surface area contributed by atoms with Gasteiger partial charge in [0.1, 0.15) is 24.0 Å². The molecular weight excluding hydrogens is 386 g/mol. The van der Waals surface area contributed by atoms with Crippen molar-refractivity contribution >= 4 is 17.5 Å². The number of aryl methyl sites for hydroxylation is 1. The number of hydrogen-bond acceptors (Lipinski definition) is 3. The molecule has 1 aliphatic rings. The second-order valence-electron chi connectivity index (χ2n) is 6.74. The summed E-state index contributed by atoms with van der Waals surface area (Å²) in [5, 5.41) is 0.590. The van der Waals surface area contributed by atoms with E-state index in [0.29, 0.717) is 30.5 Å². The van der Waals surface area contributed by atoms with Gasteiger partial charge in [-0.3, -0.25) is 9.69 Å². The summed E-state index contributed by atoms with van der Waals surface area (Å²) < 4.78 is 32.6. The van der Waals surface area contributed by atoms with Crippen molar-refractivity contribution in [2.45, 2.75) is 12.8 Å². The summed E-state index contributed by atoms with van der Waals surface area (Å²) in [5.41, 5.74) is 0.240. The first-order chi connectivity index (χ1) is 13.5. The second kappa shape index (κ2) is 9.85. The van der Waals surface area contributed by atoms with Crippen LogP contribution in [0.5, 0.6) is 5.75 Å². The van der Waals surface area contributed by atoms with Gasteiger partial charge in [-0.25, -0.2) is 8.78 Å². The fraction of sp³-hybridized carbons (Fsp3) is 0.381. The summed E-state index contributed by atoms with van der Waals surface area (Å²) >= 11 is 6.07. The van der Waals surface area contributed by atoms with Crippen LogP contribution in [0.3, 0.4) is 0 Å². The summed E-state index contributed by atoms with van der Waals surface area (Å²) in [5.74, 6) is -0.327. The van der Waals surface area contributed by atoms with Crippen LogP contribution in [0.4, 0.5) is 8.78 Å². The smallest absolute Gasteiger partial charge is 0.222 e. The van der Waals surface area contributed by atoms with E-state index < -0.39 is 11.6 Å². The number of hydrogen-bond donors (Lipinski definition) is 0. The maximum atomic E-state index is 13.7. The lowest BCUT2D eigenvalue weighted by Gasteiger charge is -2.34. The molecule has 0 aromatic heterocycles. The molecular formula is C21H23ClF2N2O2. The number of benzene rings is 2. The molecule has 28 heavy (non-hydrogen) atoms. The number of para-hydroxylation sites is 1. The second-order valence-corrected chi connectivity index (χ2v) is 7.14. The number of carbonyl (C=O) groups is 1. The predicted octanol–water partition coefficient (Wildman–Crippen LogP) is 3.77. The Labute approximate surface area is 168 Å². The molecule has 0 N–H and O–H groups in total. The van der Waals surface area contributed by atoms with Crippen LogP contribution in [0.1, 0.15) is 12.0 Å². The van der Waals surface area contributed by atoms with Crippen LogP contribution >= 0.6 is 11.6 Å². The Morgan fingerprint density at radius 1 is 1.07 bits per heavy atom. The summed E-state index contributed by atoms with van der Waals surface area (Å²) in [6.07, 6.45) is 0.379. The van der Waals surface area contributed by atoms with E-state index in [1.165, 1.54) is 0 Å². The maximum Gasteiger partial charge on any atom is 0.222 e. The quantitative estimate of drug-likeness (QED) is 0.699. The monoisotopic (exact) mass is 408 g/mol. The lowest BCUT2D eigenvalue weighted by atomic mass is 10.1. The molecule has 3 rings (SSSR count). The third-order valence-corrected chi connectivity index (χ3v) is 5.15. The van der Waals surface area contributed by atoms with Gasteiger partial charge in [0.25, 0.3) is 0 Å². The number of carbonyl (C=O) groups excluding carboxylic acids is 1. The Hall–Kier alpha value is -2.18. The van der Waals surface area contributed by atoms with E-state index in [-0.39, 0.29) is 24.3 Å². The number of amides is 1. The van der Waals surface area contributed by atoms with Gasteiger partial charge in [0.05, 0.1) is 5.02 Å². The molecule has 2 aromatic carbocycles. The minimum atomic E-state index is -0.489. The Morgan fingerprint density at radius 2 is 1.82 bits per heavy atom. The first-order valence-corrected chi connectivity index (χ1v) is 9.72. The highest BCUT2D eigenvalue weighted by molar-refractivity contribution is 6.32. The molecule has 0 atom stereocenters. The minimum absolute atomic E-state index is 0.0318. The van der Waals surface area contributed by atoms with Gasteiger partial charge in [-0.15, -0.1) is 0 Å². The third kappa shape index (κ3) is 5.66. The first-order valence-electron chi connectivity index (χ1n) is 9.34. The zero-order valence-corrected chi connectivity index (χ0v) is 16.3. The minimum Gasteiger partial charge on any atom is -0.491 e. The Morgan fingerprint density at radius 3 is 2.57 bits per heavy atom. The van der Waals surface area contributed by atoms with Crippen LogP contribution in [0.25, 0.3) is 0 Å².